The van der Waals surface area contributed by atoms with Crippen LogP contribution in [0.5, 0.6) is 0 Å². The van der Waals surface area contributed by atoms with Crippen LogP contribution in [0.2, 0.25) is 0 Å². The predicted molar refractivity (Wildman–Crippen MR) is 103 cm³/mol. The lowest BCUT2D eigenvalue weighted by atomic mass is 10.2. The summed E-state index contributed by atoms with van der Waals surface area (Å²) < 4.78 is 5.99. The van der Waals surface area contributed by atoms with E-state index < -0.39 is 6.09 Å². The number of nitrogens with one attached hydrogen (secondary N) is 2. The minimum absolute atomic E-state index is 0.134. The second-order valence-corrected chi connectivity index (χ2v) is 7.72. The number of halogens is 1. The van der Waals surface area contributed by atoms with Gasteiger partial charge in [-0.3, -0.25) is 10.1 Å². The highest BCUT2D eigenvalue weighted by atomic mass is 79.9. The molecule has 2 N–H and O–H groups in total. The van der Waals surface area contributed by atoms with Crippen LogP contribution in [-0.4, -0.2) is 23.6 Å². The highest BCUT2D eigenvalue weighted by Crippen LogP contribution is 2.21. The first-order valence-corrected chi connectivity index (χ1v) is 9.45. The standard InChI is InChI=1S/C17H20BrN3O3S/c1-10(2)8-24-17(23)21-16-19-13(9-25-16)7-15(22)20-14-5-4-12(18)6-11(14)3/h4-6,9-10H,7-8H2,1-3H3,(H,20,22)(H,19,21,23). The van der Waals surface area contributed by atoms with Crippen LogP contribution in [0.1, 0.15) is 25.1 Å². The lowest BCUT2D eigenvalue weighted by Gasteiger charge is -2.08. The van der Waals surface area contributed by atoms with E-state index in [1.54, 1.807) is 5.38 Å². The van der Waals surface area contributed by atoms with E-state index in [4.69, 9.17) is 4.74 Å². The summed E-state index contributed by atoms with van der Waals surface area (Å²) in [6, 6.07) is 5.65. The topological polar surface area (TPSA) is 80.3 Å². The number of amides is 2. The van der Waals surface area contributed by atoms with E-state index in [1.165, 1.54) is 11.3 Å². The molecular formula is C17H20BrN3O3S. The van der Waals surface area contributed by atoms with Gasteiger partial charge in [-0.1, -0.05) is 29.8 Å². The Hall–Kier alpha value is -1.93. The highest BCUT2D eigenvalue weighted by molar-refractivity contribution is 9.10. The van der Waals surface area contributed by atoms with Gasteiger partial charge in [-0.05, 0) is 36.6 Å². The van der Waals surface area contributed by atoms with E-state index >= 15 is 0 Å². The molecule has 0 radical (unpaired) electrons. The lowest BCUT2D eigenvalue weighted by molar-refractivity contribution is -0.115. The third-order valence-corrected chi connectivity index (χ3v) is 4.41. The summed E-state index contributed by atoms with van der Waals surface area (Å²) in [7, 11) is 0. The number of thiazole rings is 1. The van der Waals surface area contributed by atoms with Crippen LogP contribution in [0, 0.1) is 12.8 Å². The maximum atomic E-state index is 12.2. The van der Waals surface area contributed by atoms with E-state index in [0.29, 0.717) is 17.4 Å². The van der Waals surface area contributed by atoms with Crippen molar-refractivity contribution in [2.45, 2.75) is 27.2 Å². The van der Waals surface area contributed by atoms with Gasteiger partial charge in [-0.15, -0.1) is 11.3 Å². The zero-order valence-electron chi connectivity index (χ0n) is 14.3. The second kappa shape index (κ2) is 8.96. The van der Waals surface area contributed by atoms with Gasteiger partial charge in [-0.25, -0.2) is 9.78 Å². The summed E-state index contributed by atoms with van der Waals surface area (Å²) in [4.78, 5) is 28.0. The molecule has 134 valence electrons. The molecule has 0 spiro atoms. The molecule has 8 heteroatoms. The molecule has 2 amide bonds. The molecule has 0 fully saturated rings. The van der Waals surface area contributed by atoms with Crippen LogP contribution in [0.4, 0.5) is 15.6 Å². The Labute approximate surface area is 159 Å². The Morgan fingerprint density at radius 2 is 2.08 bits per heavy atom. The molecule has 1 aromatic heterocycles. The first kappa shape index (κ1) is 19.4. The van der Waals surface area contributed by atoms with Crippen molar-refractivity contribution in [1.29, 1.82) is 0 Å². The van der Waals surface area contributed by atoms with Crippen LogP contribution >= 0.6 is 27.3 Å². The van der Waals surface area contributed by atoms with Crippen molar-refractivity contribution in [3.8, 4) is 0 Å². The van der Waals surface area contributed by atoms with E-state index in [1.807, 2.05) is 39.0 Å². The maximum absolute atomic E-state index is 12.2. The summed E-state index contributed by atoms with van der Waals surface area (Å²) in [5, 5.41) is 7.58. The van der Waals surface area contributed by atoms with Gasteiger partial charge in [-0.2, -0.15) is 0 Å². The van der Waals surface area contributed by atoms with Gasteiger partial charge in [0.1, 0.15) is 0 Å². The molecule has 6 nitrogen and oxygen atoms in total. The third-order valence-electron chi connectivity index (χ3n) is 3.11. The Bertz CT molecular complexity index is 761. The van der Waals surface area contributed by atoms with Crippen LogP contribution in [0.3, 0.4) is 0 Å². The average Bonchev–Trinajstić information content (AvgIpc) is 2.95. The number of anilines is 2. The zero-order valence-corrected chi connectivity index (χ0v) is 16.7. The van der Waals surface area contributed by atoms with Crippen molar-refractivity contribution in [1.82, 2.24) is 4.98 Å². The van der Waals surface area contributed by atoms with Gasteiger partial charge < -0.3 is 10.1 Å². The van der Waals surface area contributed by atoms with Crippen molar-refractivity contribution >= 4 is 50.1 Å². The monoisotopic (exact) mass is 425 g/mol. The fraction of sp³-hybridized carbons (Fsp3) is 0.353. The van der Waals surface area contributed by atoms with Crippen LogP contribution in [0.15, 0.2) is 28.1 Å². The van der Waals surface area contributed by atoms with E-state index in [2.05, 4.69) is 31.5 Å². The quantitative estimate of drug-likeness (QED) is 0.708. The van der Waals surface area contributed by atoms with Crippen LogP contribution in [0.25, 0.3) is 0 Å². The molecule has 0 aliphatic rings. The first-order chi connectivity index (χ1) is 11.8. The largest absolute Gasteiger partial charge is 0.449 e. The van der Waals surface area contributed by atoms with Gasteiger partial charge in [0.25, 0.3) is 0 Å². The summed E-state index contributed by atoms with van der Waals surface area (Å²) in [5.74, 6) is 0.105. The van der Waals surface area contributed by atoms with Crippen molar-refractivity contribution in [2.75, 3.05) is 17.2 Å². The Morgan fingerprint density at radius 3 is 2.76 bits per heavy atom. The summed E-state index contributed by atoms with van der Waals surface area (Å²) >= 11 is 4.65. The zero-order chi connectivity index (χ0) is 18.4. The molecule has 0 saturated heterocycles. The van der Waals surface area contributed by atoms with Crippen LogP contribution in [-0.2, 0) is 16.0 Å². The second-order valence-electron chi connectivity index (χ2n) is 5.95. The SMILES string of the molecule is Cc1cc(Br)ccc1NC(=O)Cc1csc(NC(=O)OCC(C)C)n1. The number of carbonyl (C=O) groups is 2. The number of hydrogen-bond donors (Lipinski definition) is 2. The number of aryl methyl sites for hydroxylation is 1. The summed E-state index contributed by atoms with van der Waals surface area (Å²) in [5.41, 5.74) is 2.33. The number of ether oxygens (including phenoxy) is 1. The number of hydrogen-bond acceptors (Lipinski definition) is 5. The lowest BCUT2D eigenvalue weighted by Crippen LogP contribution is -2.17. The van der Waals surface area contributed by atoms with Crippen molar-refractivity contribution < 1.29 is 14.3 Å². The fourth-order valence-electron chi connectivity index (χ4n) is 1.94. The van der Waals surface area contributed by atoms with Crippen LogP contribution < -0.4 is 10.6 Å². The number of benzene rings is 1. The molecular weight excluding hydrogens is 406 g/mol. The molecule has 0 unspecified atom stereocenters. The normalized spacial score (nSPS) is 10.6. The summed E-state index contributed by atoms with van der Waals surface area (Å²) in [6.45, 7) is 6.19. The molecule has 25 heavy (non-hydrogen) atoms. The predicted octanol–water partition coefficient (Wildman–Crippen LogP) is 4.60. The van der Waals surface area contributed by atoms with E-state index in [0.717, 1.165) is 15.7 Å². The van der Waals surface area contributed by atoms with E-state index in [9.17, 15) is 9.59 Å². The minimum atomic E-state index is -0.537. The molecule has 2 aromatic rings. The smallest absolute Gasteiger partial charge is 0.413 e. The molecule has 0 bridgehead atoms. The fourth-order valence-corrected chi connectivity index (χ4v) is 3.11. The molecule has 0 aliphatic carbocycles. The van der Waals surface area contributed by atoms with Crippen molar-refractivity contribution in [2.24, 2.45) is 5.92 Å². The first-order valence-electron chi connectivity index (χ1n) is 7.77. The molecule has 0 aliphatic heterocycles. The number of rotatable bonds is 6. The van der Waals surface area contributed by atoms with Crippen molar-refractivity contribution in [3.63, 3.8) is 0 Å². The number of nitrogens with zero attached hydrogens (tertiary/aromatic N) is 1. The molecule has 0 atom stereocenters. The maximum Gasteiger partial charge on any atom is 0.413 e. The number of carbonyl (C=O) groups excluding carboxylic acids is 2. The van der Waals surface area contributed by atoms with Gasteiger partial charge in [0.2, 0.25) is 5.91 Å². The molecule has 2 rings (SSSR count). The van der Waals surface area contributed by atoms with Gasteiger partial charge in [0, 0.05) is 15.5 Å². The third kappa shape index (κ3) is 6.47. The van der Waals surface area contributed by atoms with E-state index in [-0.39, 0.29) is 18.2 Å². The number of aromatic nitrogens is 1. The molecule has 0 saturated carbocycles. The van der Waals surface area contributed by atoms with Gasteiger partial charge >= 0.3 is 6.09 Å². The Kier molecular flexibility index (Phi) is 6.95. The minimum Gasteiger partial charge on any atom is -0.449 e. The van der Waals surface area contributed by atoms with Gasteiger partial charge in [0.15, 0.2) is 5.13 Å². The average molecular weight is 426 g/mol. The molecule has 1 heterocycles. The Balaban J connectivity index is 1.87. The van der Waals surface area contributed by atoms with Gasteiger partial charge in [0.05, 0.1) is 18.7 Å². The molecule has 1 aromatic carbocycles. The van der Waals surface area contributed by atoms with Crippen molar-refractivity contribution in [3.05, 3.63) is 39.3 Å². The Morgan fingerprint density at radius 1 is 1.32 bits per heavy atom. The summed E-state index contributed by atoms with van der Waals surface area (Å²) in [6.07, 6.45) is -0.404. The highest BCUT2D eigenvalue weighted by Gasteiger charge is 2.12.